The van der Waals surface area contributed by atoms with Gasteiger partial charge in [-0.25, -0.2) is 4.98 Å². The molecule has 2 aliphatic heterocycles. The summed E-state index contributed by atoms with van der Waals surface area (Å²) in [5.41, 5.74) is 0.767. The number of aromatic nitrogens is 2. The highest BCUT2D eigenvalue weighted by molar-refractivity contribution is 5.00. The van der Waals surface area contributed by atoms with Gasteiger partial charge in [0.25, 0.3) is 5.56 Å². The van der Waals surface area contributed by atoms with Gasteiger partial charge in [0.15, 0.2) is 0 Å². The molecule has 0 aromatic carbocycles. The first-order valence-corrected chi connectivity index (χ1v) is 8.21. The van der Waals surface area contributed by atoms with Crippen LogP contribution in [-0.4, -0.2) is 60.9 Å². The molecule has 6 nitrogen and oxygen atoms in total. The number of H-pyrrole nitrogens is 1. The molecule has 2 aliphatic rings. The third-order valence-electron chi connectivity index (χ3n) is 4.51. The Labute approximate surface area is 130 Å². The molecule has 0 amide bonds. The van der Waals surface area contributed by atoms with Crippen molar-refractivity contribution < 1.29 is 9.47 Å². The van der Waals surface area contributed by atoms with Crippen molar-refractivity contribution in [1.82, 2.24) is 14.9 Å². The molecule has 2 fully saturated rings. The Morgan fingerprint density at radius 2 is 2.09 bits per heavy atom. The largest absolute Gasteiger partial charge is 0.381 e. The van der Waals surface area contributed by atoms with Gasteiger partial charge in [0.2, 0.25) is 0 Å². The lowest BCUT2D eigenvalue weighted by atomic mass is 9.98. The number of ether oxygens (including phenoxy) is 2. The fourth-order valence-electron chi connectivity index (χ4n) is 3.35. The van der Waals surface area contributed by atoms with Gasteiger partial charge in [-0.2, -0.15) is 0 Å². The Morgan fingerprint density at radius 1 is 1.23 bits per heavy atom. The maximum Gasteiger partial charge on any atom is 0.250 e. The molecule has 0 aliphatic carbocycles. The van der Waals surface area contributed by atoms with Crippen LogP contribution >= 0.6 is 0 Å². The van der Waals surface area contributed by atoms with E-state index >= 15 is 0 Å². The minimum Gasteiger partial charge on any atom is -0.381 e. The first-order chi connectivity index (χ1) is 10.8. The van der Waals surface area contributed by atoms with Crippen molar-refractivity contribution in [3.05, 3.63) is 28.4 Å². The van der Waals surface area contributed by atoms with E-state index in [9.17, 15) is 4.79 Å². The van der Waals surface area contributed by atoms with E-state index in [2.05, 4.69) is 14.9 Å². The fourth-order valence-corrected chi connectivity index (χ4v) is 3.35. The van der Waals surface area contributed by atoms with Gasteiger partial charge in [-0.1, -0.05) is 0 Å². The van der Waals surface area contributed by atoms with Gasteiger partial charge in [-0.15, -0.1) is 0 Å². The molecule has 0 saturated carbocycles. The van der Waals surface area contributed by atoms with Gasteiger partial charge >= 0.3 is 0 Å². The van der Waals surface area contributed by atoms with Crippen LogP contribution < -0.4 is 5.56 Å². The van der Waals surface area contributed by atoms with Crippen molar-refractivity contribution in [2.75, 3.05) is 46.1 Å². The molecule has 2 saturated heterocycles. The van der Waals surface area contributed by atoms with Gasteiger partial charge in [0.05, 0.1) is 19.5 Å². The van der Waals surface area contributed by atoms with E-state index in [4.69, 9.17) is 9.47 Å². The van der Waals surface area contributed by atoms with Crippen LogP contribution in [-0.2, 0) is 15.9 Å². The fraction of sp³-hybridized carbons (Fsp3) is 0.750. The highest BCUT2D eigenvalue weighted by Crippen LogP contribution is 2.19. The summed E-state index contributed by atoms with van der Waals surface area (Å²) >= 11 is 0. The first kappa shape index (κ1) is 15.6. The molecular formula is C16H25N3O3. The van der Waals surface area contributed by atoms with Crippen molar-refractivity contribution in [2.45, 2.75) is 19.3 Å². The number of aromatic amines is 1. The lowest BCUT2D eigenvalue weighted by Crippen LogP contribution is -2.36. The van der Waals surface area contributed by atoms with Crippen molar-refractivity contribution in [3.63, 3.8) is 0 Å². The maximum atomic E-state index is 11.4. The van der Waals surface area contributed by atoms with E-state index in [0.717, 1.165) is 76.9 Å². The molecule has 1 atom stereocenters. The summed E-state index contributed by atoms with van der Waals surface area (Å²) in [6, 6.07) is 1.59. The van der Waals surface area contributed by atoms with Crippen LogP contribution in [0.3, 0.4) is 0 Å². The van der Waals surface area contributed by atoms with Crippen LogP contribution in [0.15, 0.2) is 17.2 Å². The molecule has 3 rings (SSSR count). The Bertz CT molecular complexity index is 513. The quantitative estimate of drug-likeness (QED) is 0.886. The molecular weight excluding hydrogens is 282 g/mol. The van der Waals surface area contributed by atoms with Crippen LogP contribution in [0.5, 0.6) is 0 Å². The normalized spacial score (nSPS) is 25.0. The van der Waals surface area contributed by atoms with E-state index in [-0.39, 0.29) is 5.56 Å². The van der Waals surface area contributed by atoms with Gasteiger partial charge in [0.1, 0.15) is 0 Å². The smallest absolute Gasteiger partial charge is 0.250 e. The zero-order valence-corrected chi connectivity index (χ0v) is 13.0. The molecule has 1 N–H and O–H groups in total. The number of nitrogens with zero attached hydrogens (tertiary/aromatic N) is 2. The monoisotopic (exact) mass is 307 g/mol. The Kier molecular flexibility index (Phi) is 5.58. The standard InChI is InChI=1S/C16H25N3O3/c20-16-8-15(17-12-18-16)7-14-10-19(3-6-22-11-14)9-13-1-4-21-5-2-13/h8,12-14H,1-7,9-11H2,(H,17,18,20)/t14-/m1/s1. The molecule has 122 valence electrons. The van der Waals surface area contributed by atoms with E-state index in [1.165, 1.54) is 6.33 Å². The molecule has 0 radical (unpaired) electrons. The second-order valence-electron chi connectivity index (χ2n) is 6.36. The summed E-state index contributed by atoms with van der Waals surface area (Å²) in [5.74, 6) is 1.14. The van der Waals surface area contributed by atoms with E-state index in [0.29, 0.717) is 5.92 Å². The third-order valence-corrected chi connectivity index (χ3v) is 4.51. The number of hydrogen-bond acceptors (Lipinski definition) is 5. The van der Waals surface area contributed by atoms with Crippen LogP contribution in [0, 0.1) is 11.8 Å². The number of hydrogen-bond donors (Lipinski definition) is 1. The van der Waals surface area contributed by atoms with Crippen LogP contribution in [0.2, 0.25) is 0 Å². The van der Waals surface area contributed by atoms with Crippen molar-refractivity contribution in [2.24, 2.45) is 11.8 Å². The molecule has 6 heteroatoms. The van der Waals surface area contributed by atoms with Gasteiger partial charge < -0.3 is 19.4 Å². The highest BCUT2D eigenvalue weighted by atomic mass is 16.5. The molecule has 0 unspecified atom stereocenters. The average molecular weight is 307 g/mol. The van der Waals surface area contributed by atoms with Crippen molar-refractivity contribution in [1.29, 1.82) is 0 Å². The zero-order chi connectivity index (χ0) is 15.2. The van der Waals surface area contributed by atoms with Gasteiger partial charge in [-0.05, 0) is 25.2 Å². The Balaban J connectivity index is 1.56. The second-order valence-corrected chi connectivity index (χ2v) is 6.36. The Morgan fingerprint density at radius 3 is 2.91 bits per heavy atom. The maximum absolute atomic E-state index is 11.4. The summed E-state index contributed by atoms with van der Waals surface area (Å²) in [6.07, 6.45) is 4.61. The number of rotatable bonds is 4. The van der Waals surface area contributed by atoms with E-state index < -0.39 is 0 Å². The van der Waals surface area contributed by atoms with E-state index in [1.54, 1.807) is 6.07 Å². The van der Waals surface area contributed by atoms with Crippen LogP contribution in [0.1, 0.15) is 18.5 Å². The third kappa shape index (κ3) is 4.63. The average Bonchev–Trinajstić information content (AvgIpc) is 2.73. The molecule has 3 heterocycles. The lowest BCUT2D eigenvalue weighted by molar-refractivity contribution is 0.0512. The summed E-state index contributed by atoms with van der Waals surface area (Å²) < 4.78 is 11.2. The van der Waals surface area contributed by atoms with E-state index in [1.807, 2.05) is 0 Å². The lowest BCUT2D eigenvalue weighted by Gasteiger charge is -2.30. The first-order valence-electron chi connectivity index (χ1n) is 8.21. The predicted molar refractivity (Wildman–Crippen MR) is 82.9 cm³/mol. The van der Waals surface area contributed by atoms with Gasteiger partial charge in [0, 0.05) is 50.5 Å². The van der Waals surface area contributed by atoms with Crippen LogP contribution in [0.4, 0.5) is 0 Å². The minimum absolute atomic E-state index is 0.0846. The Hall–Kier alpha value is -1.24. The summed E-state index contributed by atoms with van der Waals surface area (Å²) in [5, 5.41) is 0. The highest BCUT2D eigenvalue weighted by Gasteiger charge is 2.23. The molecule has 0 bridgehead atoms. The summed E-state index contributed by atoms with van der Waals surface area (Å²) in [6.45, 7) is 6.49. The van der Waals surface area contributed by atoms with Gasteiger partial charge in [-0.3, -0.25) is 4.79 Å². The second kappa shape index (κ2) is 7.85. The minimum atomic E-state index is -0.0846. The van der Waals surface area contributed by atoms with Crippen molar-refractivity contribution >= 4 is 0 Å². The molecule has 22 heavy (non-hydrogen) atoms. The topological polar surface area (TPSA) is 67.4 Å². The predicted octanol–water partition coefficient (Wildman–Crippen LogP) is 0.687. The molecule has 1 aromatic rings. The summed E-state index contributed by atoms with van der Waals surface area (Å²) in [4.78, 5) is 20.7. The van der Waals surface area contributed by atoms with Crippen molar-refractivity contribution in [3.8, 4) is 0 Å². The molecule has 1 aromatic heterocycles. The summed E-state index contributed by atoms with van der Waals surface area (Å²) in [7, 11) is 0. The zero-order valence-electron chi connectivity index (χ0n) is 13.0. The SMILES string of the molecule is O=c1cc(C[C@H]2COCCN(CC3CCOCC3)C2)nc[nH]1. The molecule has 0 spiro atoms. The van der Waals surface area contributed by atoms with Crippen LogP contribution in [0.25, 0.3) is 0 Å². The number of nitrogens with one attached hydrogen (secondary N) is 1.